The fraction of sp³-hybridized carbons (Fsp3) is 0.875. The van der Waals surface area contributed by atoms with E-state index in [1.54, 1.807) is 0 Å². The van der Waals surface area contributed by atoms with Gasteiger partial charge in [0.25, 0.3) is 0 Å². The lowest BCUT2D eigenvalue weighted by molar-refractivity contribution is -0.150. The molecular weight excluding hydrogens is 158 g/mol. The van der Waals surface area contributed by atoms with Gasteiger partial charge in [-0.15, -0.1) is 0 Å². The van der Waals surface area contributed by atoms with E-state index in [1.807, 2.05) is 0 Å². The van der Waals surface area contributed by atoms with Crippen LogP contribution in [0.15, 0.2) is 0 Å². The Morgan fingerprint density at radius 1 is 1.50 bits per heavy atom. The van der Waals surface area contributed by atoms with Crippen molar-refractivity contribution < 1.29 is 14.6 Å². The quantitative estimate of drug-likeness (QED) is 0.603. The van der Waals surface area contributed by atoms with E-state index in [4.69, 9.17) is 9.84 Å². The van der Waals surface area contributed by atoms with Gasteiger partial charge in [0.2, 0.25) is 0 Å². The molecule has 2 saturated heterocycles. The molecule has 0 radical (unpaired) electrons. The van der Waals surface area contributed by atoms with Crippen molar-refractivity contribution in [2.75, 3.05) is 26.4 Å². The summed E-state index contributed by atoms with van der Waals surface area (Å²) in [6, 6.07) is 0. The average molecular weight is 171 g/mol. The minimum absolute atomic E-state index is 0.173. The summed E-state index contributed by atoms with van der Waals surface area (Å²) in [5.41, 5.74) is 0. The Hall–Kier alpha value is -0.610. The van der Waals surface area contributed by atoms with Gasteiger partial charge >= 0.3 is 5.97 Å². The molecule has 2 heterocycles. The molecule has 0 saturated carbocycles. The van der Waals surface area contributed by atoms with Crippen molar-refractivity contribution in [3.05, 3.63) is 0 Å². The Morgan fingerprint density at radius 2 is 2.33 bits per heavy atom. The first-order valence-electron chi connectivity index (χ1n) is 4.28. The molecule has 3 atom stereocenters. The summed E-state index contributed by atoms with van der Waals surface area (Å²) in [7, 11) is 0. The summed E-state index contributed by atoms with van der Waals surface area (Å²) in [4.78, 5) is 12.8. The van der Waals surface area contributed by atoms with E-state index in [2.05, 4.69) is 4.90 Å². The van der Waals surface area contributed by atoms with Crippen LogP contribution in [0.25, 0.3) is 0 Å². The first-order chi connectivity index (χ1) is 5.75. The molecule has 2 rings (SSSR count). The van der Waals surface area contributed by atoms with Gasteiger partial charge in [-0.1, -0.05) is 0 Å². The van der Waals surface area contributed by atoms with Crippen LogP contribution in [0, 0.1) is 11.8 Å². The average Bonchev–Trinajstić information content (AvgIpc) is 2.03. The number of hydrogen-bond acceptors (Lipinski definition) is 3. The number of carbonyl (C=O) groups is 1. The zero-order valence-corrected chi connectivity index (χ0v) is 6.90. The molecule has 2 fully saturated rings. The highest BCUT2D eigenvalue weighted by Crippen LogP contribution is 2.25. The molecule has 4 heteroatoms. The number of rotatable bonds is 1. The zero-order chi connectivity index (χ0) is 8.55. The van der Waals surface area contributed by atoms with Gasteiger partial charge in [0, 0.05) is 13.1 Å². The van der Waals surface area contributed by atoms with Crippen molar-refractivity contribution in [3.63, 3.8) is 0 Å². The van der Waals surface area contributed by atoms with E-state index in [-0.39, 0.29) is 5.92 Å². The molecule has 68 valence electrons. The van der Waals surface area contributed by atoms with E-state index in [9.17, 15) is 4.79 Å². The predicted molar refractivity (Wildman–Crippen MR) is 41.6 cm³/mol. The van der Waals surface area contributed by atoms with Gasteiger partial charge in [-0.2, -0.15) is 0 Å². The number of hydrogen-bond donors (Lipinski definition) is 1. The second-order valence-electron chi connectivity index (χ2n) is 3.67. The highest BCUT2D eigenvalue weighted by molar-refractivity contribution is 5.70. The molecule has 0 aliphatic carbocycles. The summed E-state index contributed by atoms with van der Waals surface area (Å²) >= 11 is 0. The standard InChI is InChI=1S/C8H13NO3/c10-8(11)7-1-6-2-9(3-7)5-12-4-6/h6-7H,1-5H2,(H,10,11). The number of fused-ring (bicyclic) bond motifs is 2. The molecule has 0 aromatic rings. The van der Waals surface area contributed by atoms with E-state index < -0.39 is 5.97 Å². The van der Waals surface area contributed by atoms with Crippen molar-refractivity contribution >= 4 is 5.97 Å². The fourth-order valence-electron chi connectivity index (χ4n) is 2.06. The summed E-state index contributed by atoms with van der Waals surface area (Å²) in [6.07, 6.45) is 0.784. The smallest absolute Gasteiger partial charge is 0.307 e. The van der Waals surface area contributed by atoms with E-state index in [0.29, 0.717) is 19.2 Å². The second-order valence-corrected chi connectivity index (χ2v) is 3.67. The molecule has 12 heavy (non-hydrogen) atoms. The van der Waals surface area contributed by atoms with Crippen molar-refractivity contribution in [2.45, 2.75) is 6.42 Å². The first-order valence-corrected chi connectivity index (χ1v) is 4.28. The Balaban J connectivity index is 2.00. The predicted octanol–water partition coefficient (Wildman–Crippen LogP) is -0.00320. The van der Waals surface area contributed by atoms with Crippen LogP contribution in [0.3, 0.4) is 0 Å². The van der Waals surface area contributed by atoms with E-state index in [0.717, 1.165) is 19.6 Å². The number of carboxylic acid groups (broad SMARTS) is 1. The van der Waals surface area contributed by atoms with Crippen molar-refractivity contribution in [3.8, 4) is 0 Å². The largest absolute Gasteiger partial charge is 0.481 e. The van der Waals surface area contributed by atoms with Gasteiger partial charge in [0.05, 0.1) is 19.3 Å². The topological polar surface area (TPSA) is 49.8 Å². The number of aliphatic carboxylic acids is 1. The normalized spacial score (nSPS) is 40.8. The number of piperidine rings is 1. The molecule has 0 aromatic carbocycles. The Bertz CT molecular complexity index is 183. The minimum atomic E-state index is -0.661. The van der Waals surface area contributed by atoms with Gasteiger partial charge in [-0.3, -0.25) is 9.69 Å². The van der Waals surface area contributed by atoms with Crippen molar-refractivity contribution in [1.29, 1.82) is 0 Å². The summed E-state index contributed by atoms with van der Waals surface area (Å²) < 4.78 is 5.30. The van der Waals surface area contributed by atoms with Crippen LogP contribution in [0.4, 0.5) is 0 Å². The highest BCUT2D eigenvalue weighted by Gasteiger charge is 2.33. The lowest BCUT2D eigenvalue weighted by Crippen LogP contribution is -2.49. The van der Waals surface area contributed by atoms with Crippen LogP contribution >= 0.6 is 0 Å². The molecule has 3 unspecified atom stereocenters. The minimum Gasteiger partial charge on any atom is -0.481 e. The third-order valence-electron chi connectivity index (χ3n) is 2.59. The monoisotopic (exact) mass is 171 g/mol. The van der Waals surface area contributed by atoms with Crippen molar-refractivity contribution in [2.24, 2.45) is 11.8 Å². The van der Waals surface area contributed by atoms with E-state index >= 15 is 0 Å². The molecule has 0 amide bonds. The maximum Gasteiger partial charge on any atom is 0.307 e. The van der Waals surface area contributed by atoms with Gasteiger partial charge < -0.3 is 9.84 Å². The summed E-state index contributed by atoms with van der Waals surface area (Å²) in [5.74, 6) is -0.396. The Labute approximate surface area is 71.1 Å². The number of carboxylic acids is 1. The van der Waals surface area contributed by atoms with Crippen LogP contribution < -0.4 is 0 Å². The van der Waals surface area contributed by atoms with Crippen LogP contribution in [-0.2, 0) is 9.53 Å². The lowest BCUT2D eigenvalue weighted by Gasteiger charge is -2.39. The highest BCUT2D eigenvalue weighted by atomic mass is 16.5. The van der Waals surface area contributed by atoms with Gasteiger partial charge in [0.15, 0.2) is 0 Å². The molecule has 1 N–H and O–H groups in total. The van der Waals surface area contributed by atoms with Gasteiger partial charge in [-0.25, -0.2) is 0 Å². The third kappa shape index (κ3) is 1.44. The van der Waals surface area contributed by atoms with Crippen LogP contribution in [0.1, 0.15) is 6.42 Å². The Morgan fingerprint density at radius 3 is 3.00 bits per heavy atom. The van der Waals surface area contributed by atoms with E-state index in [1.165, 1.54) is 0 Å². The zero-order valence-electron chi connectivity index (χ0n) is 6.90. The molecule has 0 aromatic heterocycles. The van der Waals surface area contributed by atoms with Crippen LogP contribution in [0.5, 0.6) is 0 Å². The molecular formula is C8H13NO3. The first kappa shape index (κ1) is 8.01. The molecule has 2 aliphatic rings. The summed E-state index contributed by atoms with van der Waals surface area (Å²) in [5, 5.41) is 8.83. The Kier molecular flexibility index (Phi) is 2.02. The molecule has 2 bridgehead atoms. The number of ether oxygens (including phenoxy) is 1. The molecule has 2 aliphatic heterocycles. The second kappa shape index (κ2) is 3.03. The summed E-state index contributed by atoms with van der Waals surface area (Å²) in [6.45, 7) is 3.02. The SMILES string of the molecule is O=C(O)C1CC2COCN(C2)C1. The van der Waals surface area contributed by atoms with Gasteiger partial charge in [-0.05, 0) is 12.3 Å². The third-order valence-corrected chi connectivity index (χ3v) is 2.59. The molecule has 0 spiro atoms. The molecule has 4 nitrogen and oxygen atoms in total. The maximum atomic E-state index is 10.7. The van der Waals surface area contributed by atoms with Crippen LogP contribution in [0.2, 0.25) is 0 Å². The van der Waals surface area contributed by atoms with Crippen molar-refractivity contribution in [1.82, 2.24) is 4.90 Å². The van der Waals surface area contributed by atoms with Crippen LogP contribution in [-0.4, -0.2) is 42.4 Å². The lowest BCUT2D eigenvalue weighted by atomic mass is 9.89. The van der Waals surface area contributed by atoms with Gasteiger partial charge in [0.1, 0.15) is 0 Å². The maximum absolute atomic E-state index is 10.7. The fourth-order valence-corrected chi connectivity index (χ4v) is 2.06. The number of nitrogens with zero attached hydrogens (tertiary/aromatic N) is 1.